The van der Waals surface area contributed by atoms with Gasteiger partial charge in [-0.05, 0) is 68.7 Å². The van der Waals surface area contributed by atoms with E-state index in [0.717, 1.165) is 37.4 Å². The van der Waals surface area contributed by atoms with E-state index in [2.05, 4.69) is 50.0 Å². The molecule has 1 aromatic carbocycles. The van der Waals surface area contributed by atoms with E-state index >= 15 is 0 Å². The number of hydrogen-bond acceptors (Lipinski definition) is 4. The average Bonchev–Trinajstić information content (AvgIpc) is 2.79. The Balaban J connectivity index is 1.45. The zero-order valence-electron chi connectivity index (χ0n) is 20.4. The Kier molecular flexibility index (Phi) is 8.57. The number of benzene rings is 1. The van der Waals surface area contributed by atoms with Gasteiger partial charge in [-0.2, -0.15) is 0 Å². The fourth-order valence-corrected chi connectivity index (χ4v) is 4.56. The highest BCUT2D eigenvalue weighted by molar-refractivity contribution is 5.98. The summed E-state index contributed by atoms with van der Waals surface area (Å²) in [5.74, 6) is 0.773. The van der Waals surface area contributed by atoms with Crippen LogP contribution in [0.1, 0.15) is 78.2 Å². The van der Waals surface area contributed by atoms with E-state index in [4.69, 9.17) is 4.74 Å². The van der Waals surface area contributed by atoms with E-state index in [0.29, 0.717) is 25.4 Å². The van der Waals surface area contributed by atoms with Gasteiger partial charge in [-0.1, -0.05) is 33.3 Å². The summed E-state index contributed by atoms with van der Waals surface area (Å²) in [5.41, 5.74) is 2.06. The van der Waals surface area contributed by atoms with Gasteiger partial charge in [-0.3, -0.25) is 9.59 Å². The molecule has 0 bridgehead atoms. The molecule has 3 rings (SSSR count). The molecule has 6 nitrogen and oxygen atoms in total. The fourth-order valence-electron chi connectivity index (χ4n) is 4.56. The Morgan fingerprint density at radius 3 is 2.78 bits per heavy atom. The fraction of sp³-hybridized carbons (Fsp3) is 0.692. The number of hydrogen-bond donors (Lipinski definition) is 1. The van der Waals surface area contributed by atoms with E-state index < -0.39 is 0 Å². The first-order chi connectivity index (χ1) is 15.3. The smallest absolute Gasteiger partial charge is 0.265 e. The van der Waals surface area contributed by atoms with Crippen LogP contribution in [0.4, 0.5) is 5.69 Å². The molecule has 0 spiro atoms. The van der Waals surface area contributed by atoms with Gasteiger partial charge in [0.05, 0.1) is 5.69 Å². The summed E-state index contributed by atoms with van der Waals surface area (Å²) in [6.45, 7) is 12.4. The highest BCUT2D eigenvalue weighted by Gasteiger charge is 2.28. The zero-order chi connectivity index (χ0) is 23.1. The van der Waals surface area contributed by atoms with Crippen molar-refractivity contribution in [1.29, 1.82) is 0 Å². The molecule has 1 N–H and O–H groups in total. The molecule has 6 heteroatoms. The standard InChI is InChI=1S/C26H41N3O3/c1-5-26(3,4)21-12-13-23-22(18-21)29(25(31)19-32-23)17-8-11-24(30)27-14-9-16-28-15-7-6-10-20(28)2/h12-13,18,20H,5-11,14-17,19H2,1-4H3,(H,27,30). The third-order valence-electron chi connectivity index (χ3n) is 7.24. The monoisotopic (exact) mass is 443 g/mol. The molecule has 0 saturated carbocycles. The zero-order valence-corrected chi connectivity index (χ0v) is 20.4. The minimum Gasteiger partial charge on any atom is -0.482 e. The predicted octanol–water partition coefficient (Wildman–Crippen LogP) is 4.26. The second kappa shape index (κ2) is 11.2. The van der Waals surface area contributed by atoms with Crippen LogP contribution < -0.4 is 15.0 Å². The van der Waals surface area contributed by atoms with Crippen molar-refractivity contribution in [3.63, 3.8) is 0 Å². The SMILES string of the molecule is CCC(C)(C)c1ccc2c(c1)N(CCCC(=O)NCCCN1CCCCC1C)C(=O)CO2. The Labute approximate surface area is 193 Å². The van der Waals surface area contributed by atoms with Gasteiger partial charge in [-0.15, -0.1) is 0 Å². The van der Waals surface area contributed by atoms with Crippen molar-refractivity contribution in [3.05, 3.63) is 23.8 Å². The molecule has 2 heterocycles. The minimum absolute atomic E-state index is 0.0348. The molecular weight excluding hydrogens is 402 g/mol. The molecule has 1 unspecified atom stereocenters. The quantitative estimate of drug-likeness (QED) is 0.549. The lowest BCUT2D eigenvalue weighted by Crippen LogP contribution is -2.40. The number of carbonyl (C=O) groups is 2. The molecule has 2 aliphatic rings. The van der Waals surface area contributed by atoms with E-state index in [-0.39, 0.29) is 23.8 Å². The molecule has 2 amide bonds. The largest absolute Gasteiger partial charge is 0.482 e. The van der Waals surface area contributed by atoms with Crippen LogP contribution >= 0.6 is 0 Å². The summed E-state index contributed by atoms with van der Waals surface area (Å²) in [7, 11) is 0. The molecular formula is C26H41N3O3. The molecule has 1 atom stereocenters. The molecule has 32 heavy (non-hydrogen) atoms. The van der Waals surface area contributed by atoms with Gasteiger partial charge in [0.1, 0.15) is 5.75 Å². The first-order valence-corrected chi connectivity index (χ1v) is 12.4. The van der Waals surface area contributed by atoms with Crippen molar-refractivity contribution in [2.45, 2.75) is 84.1 Å². The van der Waals surface area contributed by atoms with E-state index in [9.17, 15) is 9.59 Å². The minimum atomic E-state index is -0.0417. The first-order valence-electron chi connectivity index (χ1n) is 12.4. The molecule has 0 aromatic heterocycles. The molecule has 1 fully saturated rings. The van der Waals surface area contributed by atoms with E-state index in [1.165, 1.54) is 31.4 Å². The summed E-state index contributed by atoms with van der Waals surface area (Å²) in [6, 6.07) is 6.81. The molecule has 0 aliphatic carbocycles. The highest BCUT2D eigenvalue weighted by Crippen LogP contribution is 2.37. The number of anilines is 1. The molecule has 2 aliphatic heterocycles. The normalized spacial score (nSPS) is 19.4. The van der Waals surface area contributed by atoms with Crippen molar-refractivity contribution in [1.82, 2.24) is 10.2 Å². The van der Waals surface area contributed by atoms with Gasteiger partial charge in [0.15, 0.2) is 6.61 Å². The lowest BCUT2D eigenvalue weighted by molar-refractivity contribution is -0.122. The molecule has 1 aromatic rings. The third-order valence-corrected chi connectivity index (χ3v) is 7.24. The average molecular weight is 444 g/mol. The van der Waals surface area contributed by atoms with Crippen LogP contribution in [0.15, 0.2) is 18.2 Å². The first kappa shape index (κ1) is 24.6. The lowest BCUT2D eigenvalue weighted by Gasteiger charge is -2.33. The third kappa shape index (κ3) is 6.25. The number of amides is 2. The van der Waals surface area contributed by atoms with Crippen LogP contribution in [0, 0.1) is 0 Å². The molecule has 1 saturated heterocycles. The van der Waals surface area contributed by atoms with E-state index in [1.54, 1.807) is 4.90 Å². The van der Waals surface area contributed by atoms with Crippen LogP contribution in [0.25, 0.3) is 0 Å². The Bertz CT molecular complexity index is 793. The highest BCUT2D eigenvalue weighted by atomic mass is 16.5. The summed E-state index contributed by atoms with van der Waals surface area (Å²) >= 11 is 0. The van der Waals surface area contributed by atoms with Crippen LogP contribution in [-0.2, 0) is 15.0 Å². The molecule has 0 radical (unpaired) electrons. The number of nitrogens with zero attached hydrogens (tertiary/aromatic N) is 2. The van der Waals surface area contributed by atoms with Gasteiger partial charge in [0, 0.05) is 32.1 Å². The Hall–Kier alpha value is -2.08. The number of likely N-dealkylation sites (tertiary alicyclic amines) is 1. The van der Waals surface area contributed by atoms with Gasteiger partial charge >= 0.3 is 0 Å². The maximum atomic E-state index is 12.5. The van der Waals surface area contributed by atoms with Crippen LogP contribution in [-0.4, -0.2) is 55.5 Å². The van der Waals surface area contributed by atoms with Crippen molar-refractivity contribution >= 4 is 17.5 Å². The van der Waals surface area contributed by atoms with Gasteiger partial charge in [0.25, 0.3) is 5.91 Å². The lowest BCUT2D eigenvalue weighted by atomic mass is 9.82. The predicted molar refractivity (Wildman–Crippen MR) is 129 cm³/mol. The maximum absolute atomic E-state index is 12.5. The summed E-state index contributed by atoms with van der Waals surface area (Å²) in [6.07, 6.45) is 6.98. The van der Waals surface area contributed by atoms with E-state index in [1.807, 2.05) is 6.07 Å². The van der Waals surface area contributed by atoms with Crippen LogP contribution in [0.2, 0.25) is 0 Å². The second-order valence-electron chi connectivity index (χ2n) is 9.94. The van der Waals surface area contributed by atoms with Crippen molar-refractivity contribution in [3.8, 4) is 5.75 Å². The Morgan fingerprint density at radius 1 is 1.22 bits per heavy atom. The van der Waals surface area contributed by atoms with Gasteiger partial charge in [-0.25, -0.2) is 0 Å². The summed E-state index contributed by atoms with van der Waals surface area (Å²) in [4.78, 5) is 29.2. The number of fused-ring (bicyclic) bond motifs is 1. The maximum Gasteiger partial charge on any atom is 0.265 e. The number of nitrogens with one attached hydrogen (secondary N) is 1. The number of rotatable bonds is 10. The number of ether oxygens (including phenoxy) is 1. The second-order valence-corrected chi connectivity index (χ2v) is 9.94. The van der Waals surface area contributed by atoms with Crippen LogP contribution in [0.5, 0.6) is 5.75 Å². The van der Waals surface area contributed by atoms with Gasteiger partial charge in [0.2, 0.25) is 5.91 Å². The number of piperidine rings is 1. The van der Waals surface area contributed by atoms with Crippen molar-refractivity contribution in [2.24, 2.45) is 0 Å². The summed E-state index contributed by atoms with van der Waals surface area (Å²) < 4.78 is 5.64. The van der Waals surface area contributed by atoms with Gasteiger partial charge < -0.3 is 19.9 Å². The Morgan fingerprint density at radius 2 is 2.03 bits per heavy atom. The molecule has 178 valence electrons. The van der Waals surface area contributed by atoms with Crippen molar-refractivity contribution in [2.75, 3.05) is 37.7 Å². The summed E-state index contributed by atoms with van der Waals surface area (Å²) in [5, 5.41) is 3.05. The van der Waals surface area contributed by atoms with Crippen LogP contribution in [0.3, 0.4) is 0 Å². The topological polar surface area (TPSA) is 61.9 Å². The van der Waals surface area contributed by atoms with Crippen molar-refractivity contribution < 1.29 is 14.3 Å². The number of carbonyl (C=O) groups excluding carboxylic acids is 2.